The lowest BCUT2D eigenvalue weighted by Gasteiger charge is -2.15. The minimum Gasteiger partial charge on any atom is -0.387 e. The second-order valence-corrected chi connectivity index (χ2v) is 4.93. The molecule has 2 N–H and O–H groups in total. The van der Waals surface area contributed by atoms with Crippen LogP contribution in [0.25, 0.3) is 0 Å². The first kappa shape index (κ1) is 16.0. The highest BCUT2D eigenvalue weighted by Gasteiger charge is 2.14. The third-order valence-corrected chi connectivity index (χ3v) is 3.18. The van der Waals surface area contributed by atoms with E-state index < -0.39 is 6.10 Å². The van der Waals surface area contributed by atoms with Crippen LogP contribution in [0.4, 0.5) is 0 Å². The van der Waals surface area contributed by atoms with Crippen LogP contribution >= 0.6 is 11.6 Å². The number of aliphatic hydroxyl groups excluding tert-OH is 1. The quantitative estimate of drug-likeness (QED) is 0.807. The van der Waals surface area contributed by atoms with E-state index in [1.54, 1.807) is 31.4 Å². The molecule has 19 heavy (non-hydrogen) atoms. The molecule has 0 spiro atoms. The molecule has 5 heteroatoms. The number of amides is 1. The number of benzene rings is 1. The molecule has 0 bridgehead atoms. The van der Waals surface area contributed by atoms with Crippen molar-refractivity contribution >= 4 is 17.5 Å². The van der Waals surface area contributed by atoms with Crippen LogP contribution in [-0.4, -0.2) is 31.3 Å². The van der Waals surface area contributed by atoms with E-state index >= 15 is 0 Å². The highest BCUT2D eigenvalue weighted by atomic mass is 35.5. The summed E-state index contributed by atoms with van der Waals surface area (Å²) in [5.74, 6) is -0.206. The van der Waals surface area contributed by atoms with Crippen LogP contribution in [0.1, 0.15) is 25.0 Å². The summed E-state index contributed by atoms with van der Waals surface area (Å²) < 4.78 is 4.93. The van der Waals surface area contributed by atoms with Gasteiger partial charge in [-0.15, -0.1) is 0 Å². The van der Waals surface area contributed by atoms with E-state index in [-0.39, 0.29) is 18.4 Å². The molecule has 1 rings (SSSR count). The second kappa shape index (κ2) is 8.15. The predicted molar refractivity (Wildman–Crippen MR) is 75.1 cm³/mol. The van der Waals surface area contributed by atoms with Crippen molar-refractivity contribution in [2.24, 2.45) is 5.92 Å². The van der Waals surface area contributed by atoms with Gasteiger partial charge in [-0.2, -0.15) is 0 Å². The molecule has 0 radical (unpaired) electrons. The van der Waals surface area contributed by atoms with Gasteiger partial charge in [-0.1, -0.05) is 30.7 Å². The minimum atomic E-state index is -0.726. The molecule has 0 aliphatic carbocycles. The second-order valence-electron chi connectivity index (χ2n) is 4.50. The molecular formula is C14H20ClNO3. The third-order valence-electron chi connectivity index (χ3n) is 2.93. The summed E-state index contributed by atoms with van der Waals surface area (Å²) in [5.41, 5.74) is 0.731. The maximum atomic E-state index is 11.7. The lowest BCUT2D eigenvalue weighted by molar-refractivity contribution is -0.125. The summed E-state index contributed by atoms with van der Waals surface area (Å²) >= 11 is 5.77. The smallest absolute Gasteiger partial charge is 0.223 e. The maximum absolute atomic E-state index is 11.7. The Morgan fingerprint density at radius 2 is 2.05 bits per heavy atom. The number of rotatable bonds is 7. The Kier molecular flexibility index (Phi) is 6.84. The largest absolute Gasteiger partial charge is 0.387 e. The highest BCUT2D eigenvalue weighted by molar-refractivity contribution is 6.30. The van der Waals surface area contributed by atoms with Crippen molar-refractivity contribution in [2.75, 3.05) is 20.3 Å². The van der Waals surface area contributed by atoms with Crippen LogP contribution in [0.2, 0.25) is 5.02 Å². The van der Waals surface area contributed by atoms with E-state index in [0.717, 1.165) is 5.56 Å². The van der Waals surface area contributed by atoms with Crippen LogP contribution in [-0.2, 0) is 9.53 Å². The van der Waals surface area contributed by atoms with Crippen molar-refractivity contribution < 1.29 is 14.6 Å². The van der Waals surface area contributed by atoms with Gasteiger partial charge in [0.2, 0.25) is 5.91 Å². The lowest BCUT2D eigenvalue weighted by Crippen LogP contribution is -2.33. The van der Waals surface area contributed by atoms with E-state index in [0.29, 0.717) is 18.1 Å². The lowest BCUT2D eigenvalue weighted by atomic mass is 10.1. The normalized spacial score (nSPS) is 13.9. The molecule has 1 aromatic carbocycles. The highest BCUT2D eigenvalue weighted by Crippen LogP contribution is 2.15. The van der Waals surface area contributed by atoms with E-state index in [9.17, 15) is 9.90 Å². The van der Waals surface area contributed by atoms with Crippen LogP contribution in [0.5, 0.6) is 0 Å². The Hall–Kier alpha value is -1.10. The number of nitrogens with one attached hydrogen (secondary N) is 1. The van der Waals surface area contributed by atoms with Gasteiger partial charge < -0.3 is 15.2 Å². The monoisotopic (exact) mass is 285 g/mol. The Bertz CT molecular complexity index is 394. The number of hydrogen-bond donors (Lipinski definition) is 2. The van der Waals surface area contributed by atoms with Gasteiger partial charge in [0.05, 0.1) is 6.10 Å². The molecule has 0 fully saturated rings. The van der Waals surface area contributed by atoms with Gasteiger partial charge in [0.25, 0.3) is 0 Å². The third kappa shape index (κ3) is 5.59. The molecule has 0 aliphatic heterocycles. The summed E-state index contributed by atoms with van der Waals surface area (Å²) in [6.07, 6.45) is -0.0600. The van der Waals surface area contributed by atoms with Crippen molar-refractivity contribution in [3.05, 3.63) is 34.9 Å². The fourth-order valence-corrected chi connectivity index (χ4v) is 1.73. The number of hydrogen-bond acceptors (Lipinski definition) is 3. The topological polar surface area (TPSA) is 58.6 Å². The van der Waals surface area contributed by atoms with Gasteiger partial charge in [-0.25, -0.2) is 0 Å². The zero-order chi connectivity index (χ0) is 14.3. The van der Waals surface area contributed by atoms with Crippen molar-refractivity contribution in [2.45, 2.75) is 19.4 Å². The van der Waals surface area contributed by atoms with Gasteiger partial charge in [-0.3, -0.25) is 4.79 Å². The Balaban J connectivity index is 2.39. The Labute approximate surface area is 118 Å². The number of carbonyl (C=O) groups is 1. The summed E-state index contributed by atoms with van der Waals surface area (Å²) in [6, 6.07) is 6.91. The molecule has 1 amide bonds. The number of methoxy groups -OCH3 is 1. The van der Waals surface area contributed by atoms with Gasteiger partial charge in [0.15, 0.2) is 0 Å². The predicted octanol–water partition coefficient (Wildman–Crippen LogP) is 2.16. The molecule has 0 aliphatic rings. The Morgan fingerprint density at radius 1 is 1.42 bits per heavy atom. The fraction of sp³-hybridized carbons (Fsp3) is 0.500. The summed E-state index contributed by atoms with van der Waals surface area (Å²) in [5, 5.41) is 13.3. The van der Waals surface area contributed by atoms with E-state index in [1.807, 2.05) is 6.92 Å². The van der Waals surface area contributed by atoms with Gasteiger partial charge in [0.1, 0.15) is 0 Å². The fourth-order valence-electron chi connectivity index (χ4n) is 1.60. The summed E-state index contributed by atoms with van der Waals surface area (Å²) in [4.78, 5) is 11.7. The van der Waals surface area contributed by atoms with Gasteiger partial charge in [0, 0.05) is 31.2 Å². The molecule has 0 saturated heterocycles. The molecule has 1 aromatic rings. The van der Waals surface area contributed by atoms with Gasteiger partial charge >= 0.3 is 0 Å². The SMILES string of the molecule is COCCC(C)C(=O)NCC(O)c1ccc(Cl)cc1. The molecule has 2 unspecified atom stereocenters. The van der Waals surface area contributed by atoms with Crippen molar-refractivity contribution in [3.63, 3.8) is 0 Å². The number of aliphatic hydroxyl groups is 1. The summed E-state index contributed by atoms with van der Waals surface area (Å²) in [7, 11) is 1.61. The zero-order valence-electron chi connectivity index (χ0n) is 11.2. The van der Waals surface area contributed by atoms with Crippen LogP contribution in [0, 0.1) is 5.92 Å². The zero-order valence-corrected chi connectivity index (χ0v) is 12.0. The van der Waals surface area contributed by atoms with Gasteiger partial charge in [-0.05, 0) is 24.1 Å². The number of ether oxygens (including phenoxy) is 1. The van der Waals surface area contributed by atoms with Crippen molar-refractivity contribution in [3.8, 4) is 0 Å². The van der Waals surface area contributed by atoms with E-state index in [2.05, 4.69) is 5.32 Å². The standard InChI is InChI=1S/C14H20ClNO3/c1-10(7-8-19-2)14(18)16-9-13(17)11-3-5-12(15)6-4-11/h3-6,10,13,17H,7-9H2,1-2H3,(H,16,18). The molecule has 2 atom stereocenters. The van der Waals surface area contributed by atoms with E-state index in [4.69, 9.17) is 16.3 Å². The first-order valence-electron chi connectivity index (χ1n) is 6.24. The first-order valence-corrected chi connectivity index (χ1v) is 6.62. The minimum absolute atomic E-state index is 0.0786. The molecular weight excluding hydrogens is 266 g/mol. The van der Waals surface area contributed by atoms with Crippen molar-refractivity contribution in [1.82, 2.24) is 5.32 Å². The van der Waals surface area contributed by atoms with Crippen molar-refractivity contribution in [1.29, 1.82) is 0 Å². The van der Waals surface area contributed by atoms with E-state index in [1.165, 1.54) is 0 Å². The average Bonchev–Trinajstić information content (AvgIpc) is 2.42. The number of halogens is 1. The summed E-state index contributed by atoms with van der Waals surface area (Å²) in [6.45, 7) is 2.58. The first-order chi connectivity index (χ1) is 9.04. The van der Waals surface area contributed by atoms with Crippen LogP contribution in [0.3, 0.4) is 0 Å². The van der Waals surface area contributed by atoms with Crippen LogP contribution in [0.15, 0.2) is 24.3 Å². The molecule has 0 heterocycles. The molecule has 106 valence electrons. The maximum Gasteiger partial charge on any atom is 0.223 e. The van der Waals surface area contributed by atoms with Crippen LogP contribution < -0.4 is 5.32 Å². The molecule has 4 nitrogen and oxygen atoms in total. The Morgan fingerprint density at radius 3 is 2.63 bits per heavy atom. The molecule has 0 saturated carbocycles. The number of carbonyl (C=O) groups excluding carboxylic acids is 1. The average molecular weight is 286 g/mol. The molecule has 0 aromatic heterocycles.